The van der Waals surface area contributed by atoms with Gasteiger partial charge in [-0.1, -0.05) is 36.6 Å². The van der Waals surface area contributed by atoms with Crippen LogP contribution in [0.3, 0.4) is 0 Å². The zero-order chi connectivity index (χ0) is 17.8. The Balaban J connectivity index is 1.43. The predicted octanol–water partition coefficient (Wildman–Crippen LogP) is 2.56. The van der Waals surface area contributed by atoms with Crippen molar-refractivity contribution in [2.75, 3.05) is 13.1 Å². The molecule has 1 heterocycles. The summed E-state index contributed by atoms with van der Waals surface area (Å²) in [6.07, 6.45) is 4.48. The van der Waals surface area contributed by atoms with E-state index in [1.807, 2.05) is 24.3 Å². The topological polar surface area (TPSA) is 66.5 Å². The maximum atomic E-state index is 12.4. The van der Waals surface area contributed by atoms with Gasteiger partial charge in [0.25, 0.3) is 0 Å². The lowest BCUT2D eigenvalue weighted by atomic mass is 9.81. The predicted molar refractivity (Wildman–Crippen MR) is 95.0 cm³/mol. The van der Waals surface area contributed by atoms with Crippen LogP contribution >= 0.6 is 11.6 Å². The summed E-state index contributed by atoms with van der Waals surface area (Å²) in [4.78, 5) is 38.0. The van der Waals surface area contributed by atoms with E-state index in [1.54, 1.807) is 0 Å². The lowest BCUT2D eigenvalue weighted by Gasteiger charge is -2.19. The quantitative estimate of drug-likeness (QED) is 0.791. The van der Waals surface area contributed by atoms with Crippen LogP contribution in [0.5, 0.6) is 0 Å². The molecular weight excluding hydrogens is 340 g/mol. The first kappa shape index (κ1) is 17.9. The second kappa shape index (κ2) is 8.00. The Morgan fingerprint density at radius 1 is 1.16 bits per heavy atom. The van der Waals surface area contributed by atoms with E-state index in [1.165, 1.54) is 4.90 Å². The number of likely N-dealkylation sites (tertiary alicyclic amines) is 1. The fraction of sp³-hybridized carbons (Fsp3) is 0.526. The van der Waals surface area contributed by atoms with E-state index < -0.39 is 0 Å². The summed E-state index contributed by atoms with van der Waals surface area (Å²) in [7, 11) is 0. The van der Waals surface area contributed by atoms with Crippen LogP contribution in [-0.4, -0.2) is 35.7 Å². The van der Waals surface area contributed by atoms with Crippen LogP contribution in [0.25, 0.3) is 0 Å². The number of carbonyl (C=O) groups excluding carboxylic acids is 3. The first-order chi connectivity index (χ1) is 12.1. The highest BCUT2D eigenvalue weighted by atomic mass is 35.5. The summed E-state index contributed by atoms with van der Waals surface area (Å²) in [5.41, 5.74) is 1.06. The minimum atomic E-state index is -0.146. The van der Waals surface area contributed by atoms with Crippen molar-refractivity contribution in [3.8, 4) is 0 Å². The van der Waals surface area contributed by atoms with Crippen molar-refractivity contribution in [3.05, 3.63) is 34.9 Å². The summed E-state index contributed by atoms with van der Waals surface area (Å²) in [6.45, 7) is 0.694. The van der Waals surface area contributed by atoms with Gasteiger partial charge in [0.15, 0.2) is 0 Å². The number of imide groups is 1. The van der Waals surface area contributed by atoms with Gasteiger partial charge >= 0.3 is 0 Å². The highest BCUT2D eigenvalue weighted by molar-refractivity contribution is 6.30. The van der Waals surface area contributed by atoms with E-state index in [9.17, 15) is 14.4 Å². The second-order valence-electron chi connectivity index (χ2n) is 6.81. The van der Waals surface area contributed by atoms with Crippen LogP contribution in [0.15, 0.2) is 24.3 Å². The summed E-state index contributed by atoms with van der Waals surface area (Å²) in [6, 6.07) is 7.52. The highest BCUT2D eigenvalue weighted by Crippen LogP contribution is 2.37. The Hall–Kier alpha value is -1.88. The summed E-state index contributed by atoms with van der Waals surface area (Å²) in [5.74, 6) is -0.598. The molecule has 1 aliphatic carbocycles. The van der Waals surface area contributed by atoms with Crippen LogP contribution < -0.4 is 5.32 Å². The second-order valence-corrected chi connectivity index (χ2v) is 7.24. The number of nitrogens with zero attached hydrogens (tertiary/aromatic N) is 1. The maximum Gasteiger partial charge on any atom is 0.233 e. The molecule has 0 spiro atoms. The van der Waals surface area contributed by atoms with Gasteiger partial charge in [0.2, 0.25) is 17.7 Å². The van der Waals surface area contributed by atoms with Crippen LogP contribution in [0.4, 0.5) is 0 Å². The zero-order valence-electron chi connectivity index (χ0n) is 14.2. The molecule has 5 nitrogen and oxygen atoms in total. The molecule has 3 amide bonds. The number of nitrogens with one attached hydrogen (secondary N) is 1. The molecule has 1 aromatic carbocycles. The van der Waals surface area contributed by atoms with Gasteiger partial charge in [-0.25, -0.2) is 0 Å². The smallest absolute Gasteiger partial charge is 0.233 e. The molecule has 0 aromatic heterocycles. The Morgan fingerprint density at radius 3 is 2.48 bits per heavy atom. The minimum Gasteiger partial charge on any atom is -0.356 e. The summed E-state index contributed by atoms with van der Waals surface area (Å²) >= 11 is 5.93. The Morgan fingerprint density at radius 2 is 1.84 bits per heavy atom. The number of amides is 3. The Bertz CT molecular complexity index is 652. The van der Waals surface area contributed by atoms with Gasteiger partial charge in [0.1, 0.15) is 0 Å². The SMILES string of the molecule is O=C(CCN1C(=O)C2CCCCC2C1=O)NCCc1cccc(Cl)c1. The van der Waals surface area contributed by atoms with Crippen molar-refractivity contribution >= 4 is 29.3 Å². The van der Waals surface area contributed by atoms with Crippen molar-refractivity contribution in [1.29, 1.82) is 0 Å². The standard InChI is InChI=1S/C19H23ClN2O3/c20-14-5-3-4-13(12-14)8-10-21-17(23)9-11-22-18(24)15-6-1-2-7-16(15)19(22)25/h3-5,12,15-16H,1-2,6-11H2,(H,21,23). The zero-order valence-corrected chi connectivity index (χ0v) is 14.9. The lowest BCUT2D eigenvalue weighted by Crippen LogP contribution is -2.35. The van der Waals surface area contributed by atoms with E-state index in [0.29, 0.717) is 18.0 Å². The molecule has 2 aliphatic rings. The van der Waals surface area contributed by atoms with Gasteiger partial charge in [-0.2, -0.15) is 0 Å². The van der Waals surface area contributed by atoms with Crippen molar-refractivity contribution in [3.63, 3.8) is 0 Å². The lowest BCUT2D eigenvalue weighted by molar-refractivity contribution is -0.140. The molecule has 25 heavy (non-hydrogen) atoms. The van der Waals surface area contributed by atoms with Crippen LogP contribution in [0, 0.1) is 11.8 Å². The van der Waals surface area contributed by atoms with Crippen LogP contribution in [0.2, 0.25) is 5.02 Å². The third kappa shape index (κ3) is 4.21. The van der Waals surface area contributed by atoms with Crippen molar-refractivity contribution in [2.24, 2.45) is 11.8 Å². The molecule has 2 atom stereocenters. The van der Waals surface area contributed by atoms with Crippen molar-refractivity contribution in [2.45, 2.75) is 38.5 Å². The Labute approximate surface area is 152 Å². The largest absolute Gasteiger partial charge is 0.356 e. The summed E-state index contributed by atoms with van der Waals surface area (Å²) in [5, 5.41) is 3.51. The number of hydrogen-bond acceptors (Lipinski definition) is 3. The molecule has 0 bridgehead atoms. The molecule has 1 N–H and O–H groups in total. The van der Waals surface area contributed by atoms with E-state index in [-0.39, 0.29) is 42.5 Å². The Kier molecular flexibility index (Phi) is 5.74. The van der Waals surface area contributed by atoms with E-state index in [0.717, 1.165) is 31.2 Å². The van der Waals surface area contributed by atoms with Gasteiger partial charge in [-0.05, 0) is 37.0 Å². The first-order valence-corrected chi connectivity index (χ1v) is 9.30. The molecule has 6 heteroatoms. The van der Waals surface area contributed by atoms with Gasteiger partial charge in [0, 0.05) is 24.5 Å². The van der Waals surface area contributed by atoms with E-state index in [2.05, 4.69) is 5.32 Å². The minimum absolute atomic E-state index is 0.0820. The summed E-state index contributed by atoms with van der Waals surface area (Å²) < 4.78 is 0. The monoisotopic (exact) mass is 362 g/mol. The number of fused-ring (bicyclic) bond motifs is 1. The normalized spacial score (nSPS) is 22.8. The average molecular weight is 363 g/mol. The molecule has 1 saturated carbocycles. The average Bonchev–Trinajstić information content (AvgIpc) is 2.85. The van der Waals surface area contributed by atoms with Crippen LogP contribution in [0.1, 0.15) is 37.7 Å². The third-order valence-electron chi connectivity index (χ3n) is 5.12. The van der Waals surface area contributed by atoms with Crippen LogP contribution in [-0.2, 0) is 20.8 Å². The third-order valence-corrected chi connectivity index (χ3v) is 5.35. The molecule has 1 saturated heterocycles. The van der Waals surface area contributed by atoms with Crippen molar-refractivity contribution < 1.29 is 14.4 Å². The molecule has 3 rings (SSSR count). The number of halogens is 1. The molecule has 1 aliphatic heterocycles. The highest BCUT2D eigenvalue weighted by Gasteiger charge is 2.47. The number of hydrogen-bond donors (Lipinski definition) is 1. The molecule has 1 aromatic rings. The molecule has 2 fully saturated rings. The van der Waals surface area contributed by atoms with Gasteiger partial charge < -0.3 is 5.32 Å². The fourth-order valence-corrected chi connectivity index (χ4v) is 4.00. The number of benzene rings is 1. The number of rotatable bonds is 6. The molecule has 2 unspecified atom stereocenters. The van der Waals surface area contributed by atoms with Crippen molar-refractivity contribution in [1.82, 2.24) is 10.2 Å². The van der Waals surface area contributed by atoms with Gasteiger partial charge in [0.05, 0.1) is 11.8 Å². The fourth-order valence-electron chi connectivity index (χ4n) is 3.79. The first-order valence-electron chi connectivity index (χ1n) is 8.92. The number of carbonyl (C=O) groups is 3. The van der Waals surface area contributed by atoms with E-state index in [4.69, 9.17) is 11.6 Å². The molecular formula is C19H23ClN2O3. The maximum absolute atomic E-state index is 12.4. The van der Waals surface area contributed by atoms with Gasteiger partial charge in [-0.15, -0.1) is 0 Å². The van der Waals surface area contributed by atoms with E-state index >= 15 is 0 Å². The van der Waals surface area contributed by atoms with Gasteiger partial charge in [-0.3, -0.25) is 19.3 Å². The molecule has 0 radical (unpaired) electrons. The molecule has 134 valence electrons.